The van der Waals surface area contributed by atoms with Gasteiger partial charge in [-0.25, -0.2) is 0 Å². The van der Waals surface area contributed by atoms with Gasteiger partial charge in [-0.15, -0.1) is 0 Å². The molecule has 0 unspecified atom stereocenters. The lowest BCUT2D eigenvalue weighted by molar-refractivity contribution is -0.137. The van der Waals surface area contributed by atoms with Crippen LogP contribution in [-0.4, -0.2) is 53.7 Å². The first-order valence-electron chi connectivity index (χ1n) is 7.29. The molecule has 3 heterocycles. The van der Waals surface area contributed by atoms with Crippen LogP contribution in [0, 0.1) is 20.8 Å². The Hall–Kier alpha value is -2.15. The maximum Gasteiger partial charge on any atom is 0.260 e. The molecular formula is C15H19N3O4. The normalized spacial score (nSPS) is 15.3. The van der Waals surface area contributed by atoms with Crippen LogP contribution in [0.15, 0.2) is 4.42 Å². The van der Waals surface area contributed by atoms with E-state index in [-0.39, 0.29) is 12.5 Å². The minimum absolute atomic E-state index is 0.0464. The van der Waals surface area contributed by atoms with Crippen molar-refractivity contribution in [2.24, 2.45) is 0 Å². The SMILES string of the molecule is Cc1nc(OCC(=O)N2CCOCC2)c2c(C)c(C)oc2n1. The number of carbonyl (C=O) groups is 1. The summed E-state index contributed by atoms with van der Waals surface area (Å²) >= 11 is 0. The molecule has 22 heavy (non-hydrogen) atoms. The van der Waals surface area contributed by atoms with Gasteiger partial charge in [-0.2, -0.15) is 9.97 Å². The summed E-state index contributed by atoms with van der Waals surface area (Å²) in [4.78, 5) is 22.5. The average molecular weight is 305 g/mol. The molecule has 0 N–H and O–H groups in total. The van der Waals surface area contributed by atoms with E-state index in [9.17, 15) is 4.79 Å². The quantitative estimate of drug-likeness (QED) is 0.852. The molecule has 0 radical (unpaired) electrons. The van der Waals surface area contributed by atoms with E-state index < -0.39 is 0 Å². The van der Waals surface area contributed by atoms with Gasteiger partial charge in [-0.05, 0) is 20.8 Å². The van der Waals surface area contributed by atoms with Crippen LogP contribution in [0.5, 0.6) is 5.88 Å². The lowest BCUT2D eigenvalue weighted by Crippen LogP contribution is -2.43. The zero-order chi connectivity index (χ0) is 15.7. The van der Waals surface area contributed by atoms with Gasteiger partial charge < -0.3 is 18.8 Å². The number of ether oxygens (including phenoxy) is 2. The van der Waals surface area contributed by atoms with Crippen LogP contribution in [0.2, 0.25) is 0 Å². The summed E-state index contributed by atoms with van der Waals surface area (Å²) in [7, 11) is 0. The van der Waals surface area contributed by atoms with Crippen molar-refractivity contribution in [3.05, 3.63) is 17.1 Å². The minimum atomic E-state index is -0.0643. The third-order valence-electron chi connectivity index (χ3n) is 3.80. The van der Waals surface area contributed by atoms with E-state index in [4.69, 9.17) is 13.9 Å². The summed E-state index contributed by atoms with van der Waals surface area (Å²) < 4.78 is 16.5. The van der Waals surface area contributed by atoms with Crippen LogP contribution in [0.1, 0.15) is 17.1 Å². The van der Waals surface area contributed by atoms with E-state index >= 15 is 0 Å². The summed E-state index contributed by atoms with van der Waals surface area (Å²) in [5.41, 5.74) is 1.43. The minimum Gasteiger partial charge on any atom is -0.467 e. The Balaban J connectivity index is 1.80. The van der Waals surface area contributed by atoms with Gasteiger partial charge in [0.05, 0.1) is 13.2 Å². The Morgan fingerprint density at radius 1 is 1.23 bits per heavy atom. The van der Waals surface area contributed by atoms with Crippen LogP contribution in [0.3, 0.4) is 0 Å². The molecule has 0 aromatic carbocycles. The number of carbonyl (C=O) groups excluding carboxylic acids is 1. The summed E-state index contributed by atoms with van der Waals surface area (Å²) in [6.45, 7) is 7.86. The fourth-order valence-corrected chi connectivity index (χ4v) is 2.45. The Bertz CT molecular complexity index is 704. The Morgan fingerprint density at radius 2 is 1.95 bits per heavy atom. The molecule has 0 saturated carbocycles. The van der Waals surface area contributed by atoms with Crippen molar-refractivity contribution in [3.8, 4) is 5.88 Å². The summed E-state index contributed by atoms with van der Waals surface area (Å²) in [6.07, 6.45) is 0. The molecule has 1 aliphatic rings. The third-order valence-corrected chi connectivity index (χ3v) is 3.80. The van der Waals surface area contributed by atoms with E-state index in [0.29, 0.717) is 43.7 Å². The second kappa shape index (κ2) is 5.92. The van der Waals surface area contributed by atoms with Gasteiger partial charge in [-0.1, -0.05) is 0 Å². The number of morpholine rings is 1. The first kappa shape index (κ1) is 14.8. The van der Waals surface area contributed by atoms with Crippen LogP contribution in [0.25, 0.3) is 11.1 Å². The smallest absolute Gasteiger partial charge is 0.260 e. The lowest BCUT2D eigenvalue weighted by Gasteiger charge is -2.26. The fourth-order valence-electron chi connectivity index (χ4n) is 2.45. The zero-order valence-electron chi connectivity index (χ0n) is 13.0. The van der Waals surface area contributed by atoms with Gasteiger partial charge in [0, 0.05) is 18.7 Å². The molecule has 1 saturated heterocycles. The zero-order valence-corrected chi connectivity index (χ0v) is 13.0. The lowest BCUT2D eigenvalue weighted by atomic mass is 10.2. The average Bonchev–Trinajstić information content (AvgIpc) is 2.80. The number of aryl methyl sites for hydroxylation is 3. The molecule has 2 aromatic rings. The van der Waals surface area contributed by atoms with Crippen LogP contribution in [0.4, 0.5) is 0 Å². The van der Waals surface area contributed by atoms with Gasteiger partial charge in [0.25, 0.3) is 5.91 Å². The van der Waals surface area contributed by atoms with Crippen molar-refractivity contribution >= 4 is 17.0 Å². The van der Waals surface area contributed by atoms with E-state index in [1.165, 1.54) is 0 Å². The Kier molecular flexibility index (Phi) is 3.98. The second-order valence-corrected chi connectivity index (χ2v) is 5.32. The molecule has 3 rings (SSSR count). The van der Waals surface area contributed by atoms with E-state index in [1.54, 1.807) is 11.8 Å². The molecule has 7 heteroatoms. The summed E-state index contributed by atoms with van der Waals surface area (Å²) in [6, 6.07) is 0. The number of hydrogen-bond acceptors (Lipinski definition) is 6. The number of hydrogen-bond donors (Lipinski definition) is 0. The maximum atomic E-state index is 12.2. The molecule has 1 fully saturated rings. The van der Waals surface area contributed by atoms with E-state index in [1.807, 2.05) is 13.8 Å². The highest BCUT2D eigenvalue weighted by Gasteiger charge is 2.20. The van der Waals surface area contributed by atoms with Crippen LogP contribution in [-0.2, 0) is 9.53 Å². The predicted molar refractivity (Wildman–Crippen MR) is 78.9 cm³/mol. The highest BCUT2D eigenvalue weighted by Crippen LogP contribution is 2.30. The topological polar surface area (TPSA) is 77.7 Å². The highest BCUT2D eigenvalue weighted by molar-refractivity contribution is 5.85. The van der Waals surface area contributed by atoms with Crippen molar-refractivity contribution in [1.29, 1.82) is 0 Å². The first-order chi connectivity index (χ1) is 10.6. The van der Waals surface area contributed by atoms with Crippen molar-refractivity contribution in [1.82, 2.24) is 14.9 Å². The Morgan fingerprint density at radius 3 is 2.68 bits per heavy atom. The van der Waals surface area contributed by atoms with Gasteiger partial charge in [0.2, 0.25) is 11.6 Å². The molecule has 1 aliphatic heterocycles. The van der Waals surface area contributed by atoms with Gasteiger partial charge >= 0.3 is 0 Å². The van der Waals surface area contributed by atoms with Crippen LogP contribution < -0.4 is 4.74 Å². The molecule has 0 aliphatic carbocycles. The number of nitrogens with zero attached hydrogens (tertiary/aromatic N) is 3. The first-order valence-corrected chi connectivity index (χ1v) is 7.29. The molecule has 0 atom stereocenters. The largest absolute Gasteiger partial charge is 0.467 e. The monoisotopic (exact) mass is 305 g/mol. The van der Waals surface area contributed by atoms with Gasteiger partial charge in [-0.3, -0.25) is 4.79 Å². The molecule has 0 spiro atoms. The molecule has 0 bridgehead atoms. The molecule has 118 valence electrons. The standard InChI is InChI=1S/C15H19N3O4/c1-9-10(2)22-15-13(9)14(16-11(3)17-15)21-8-12(19)18-4-6-20-7-5-18/h4-8H2,1-3H3. The van der Waals surface area contributed by atoms with Crippen molar-refractivity contribution in [2.45, 2.75) is 20.8 Å². The maximum absolute atomic E-state index is 12.2. The van der Waals surface area contributed by atoms with E-state index in [0.717, 1.165) is 16.7 Å². The summed E-state index contributed by atoms with van der Waals surface area (Å²) in [5, 5.41) is 0.734. The number of aromatic nitrogens is 2. The molecular weight excluding hydrogens is 286 g/mol. The van der Waals surface area contributed by atoms with Gasteiger partial charge in [0.1, 0.15) is 17.0 Å². The number of fused-ring (bicyclic) bond motifs is 1. The fraction of sp³-hybridized carbons (Fsp3) is 0.533. The van der Waals surface area contributed by atoms with Crippen molar-refractivity contribution < 1.29 is 18.7 Å². The number of furan rings is 1. The third kappa shape index (κ3) is 2.76. The number of rotatable bonds is 3. The van der Waals surface area contributed by atoms with Crippen molar-refractivity contribution in [2.75, 3.05) is 32.9 Å². The molecule has 7 nitrogen and oxygen atoms in total. The van der Waals surface area contributed by atoms with Crippen molar-refractivity contribution in [3.63, 3.8) is 0 Å². The van der Waals surface area contributed by atoms with Gasteiger partial charge in [0.15, 0.2) is 6.61 Å². The Labute approximate surface area is 128 Å². The second-order valence-electron chi connectivity index (χ2n) is 5.32. The summed E-state index contributed by atoms with van der Waals surface area (Å²) in [5.74, 6) is 1.67. The highest BCUT2D eigenvalue weighted by atomic mass is 16.5. The van der Waals surface area contributed by atoms with Crippen LogP contribution >= 0.6 is 0 Å². The predicted octanol–water partition coefficient (Wildman–Crippen LogP) is 1.39. The number of amides is 1. The molecule has 1 amide bonds. The molecule has 2 aromatic heterocycles. The van der Waals surface area contributed by atoms with E-state index in [2.05, 4.69) is 9.97 Å².